The van der Waals surface area contributed by atoms with Gasteiger partial charge in [-0.1, -0.05) is 18.5 Å². The van der Waals surface area contributed by atoms with Crippen molar-refractivity contribution < 1.29 is 0 Å². The Morgan fingerprint density at radius 1 is 1.42 bits per heavy atom. The van der Waals surface area contributed by atoms with Gasteiger partial charge in [-0.15, -0.1) is 0 Å². The van der Waals surface area contributed by atoms with Gasteiger partial charge in [0.05, 0.1) is 16.2 Å². The Morgan fingerprint density at radius 2 is 2.26 bits per heavy atom. The van der Waals surface area contributed by atoms with E-state index < -0.39 is 0 Å². The maximum Gasteiger partial charge on any atom is 0.0752 e. The lowest BCUT2D eigenvalue weighted by atomic mass is 10.1. The Morgan fingerprint density at radius 3 is 3.05 bits per heavy atom. The lowest BCUT2D eigenvalue weighted by Crippen LogP contribution is -2.04. The Bertz CT molecular complexity index is 557. The molecule has 0 radical (unpaired) electrons. The van der Waals surface area contributed by atoms with Gasteiger partial charge in [-0.3, -0.25) is 4.98 Å². The topological polar surface area (TPSA) is 24.9 Å². The molecule has 0 aliphatic rings. The molecule has 0 unspecified atom stereocenters. The highest BCUT2D eigenvalue weighted by molar-refractivity contribution is 7.99. The zero-order valence-electron chi connectivity index (χ0n) is 11.4. The molecule has 4 heteroatoms. The molecule has 0 fully saturated rings. The quantitative estimate of drug-likeness (QED) is 0.778. The number of hydrogen-bond acceptors (Lipinski definition) is 3. The van der Waals surface area contributed by atoms with Crippen LogP contribution in [0.1, 0.15) is 18.9 Å². The third-order valence-corrected chi connectivity index (χ3v) is 4.29. The fourth-order valence-electron chi connectivity index (χ4n) is 2.09. The second kappa shape index (κ2) is 7.01. The zero-order valence-corrected chi connectivity index (χ0v) is 12.9. The molecular weight excluding hydrogens is 276 g/mol. The van der Waals surface area contributed by atoms with Crippen LogP contribution in [0.25, 0.3) is 10.9 Å². The molecule has 0 amide bonds. The standard InChI is InChI=1S/C15H19ClN2S/c1-3-19-9-5-8-18-15-12-6-4-7-17-14(12)11(2)10-13(15)16/h4,6-7,10,18H,3,5,8-9H2,1-2H3. The molecule has 1 aromatic heterocycles. The molecule has 0 saturated carbocycles. The van der Waals surface area contributed by atoms with E-state index in [0.29, 0.717) is 0 Å². The highest BCUT2D eigenvalue weighted by Crippen LogP contribution is 2.32. The molecule has 0 aliphatic carbocycles. The van der Waals surface area contributed by atoms with Gasteiger partial charge in [0.25, 0.3) is 0 Å². The molecule has 2 rings (SSSR count). The van der Waals surface area contributed by atoms with Crippen molar-refractivity contribution in [3.8, 4) is 0 Å². The molecular formula is C15H19ClN2S. The van der Waals surface area contributed by atoms with Crippen molar-refractivity contribution in [3.05, 3.63) is 35.0 Å². The number of hydrogen-bond donors (Lipinski definition) is 1. The molecule has 19 heavy (non-hydrogen) atoms. The largest absolute Gasteiger partial charge is 0.383 e. The monoisotopic (exact) mass is 294 g/mol. The van der Waals surface area contributed by atoms with Crippen LogP contribution in [0.3, 0.4) is 0 Å². The summed E-state index contributed by atoms with van der Waals surface area (Å²) >= 11 is 8.32. The summed E-state index contributed by atoms with van der Waals surface area (Å²) in [7, 11) is 0. The van der Waals surface area contributed by atoms with Crippen LogP contribution in [0.5, 0.6) is 0 Å². The molecule has 1 heterocycles. The Labute approximate surface area is 123 Å². The number of thioether (sulfide) groups is 1. The minimum Gasteiger partial charge on any atom is -0.383 e. The molecule has 102 valence electrons. The van der Waals surface area contributed by atoms with Gasteiger partial charge in [0, 0.05) is 18.1 Å². The maximum absolute atomic E-state index is 6.35. The van der Waals surface area contributed by atoms with Crippen LogP contribution in [-0.4, -0.2) is 23.0 Å². The van der Waals surface area contributed by atoms with E-state index >= 15 is 0 Å². The van der Waals surface area contributed by atoms with Gasteiger partial charge in [0.1, 0.15) is 0 Å². The van der Waals surface area contributed by atoms with Crippen LogP contribution in [0.15, 0.2) is 24.4 Å². The number of pyridine rings is 1. The van der Waals surface area contributed by atoms with Crippen molar-refractivity contribution in [1.29, 1.82) is 0 Å². The van der Waals surface area contributed by atoms with Crippen molar-refractivity contribution in [2.45, 2.75) is 20.3 Å². The van der Waals surface area contributed by atoms with Crippen LogP contribution in [0.4, 0.5) is 5.69 Å². The summed E-state index contributed by atoms with van der Waals surface area (Å²) in [5.41, 5.74) is 3.15. The average molecular weight is 295 g/mol. The first kappa shape index (κ1) is 14.5. The zero-order chi connectivity index (χ0) is 13.7. The second-order valence-corrected chi connectivity index (χ2v) is 6.23. The van der Waals surface area contributed by atoms with Crippen molar-refractivity contribution in [2.75, 3.05) is 23.4 Å². The molecule has 0 aliphatic heterocycles. The van der Waals surface area contributed by atoms with Crippen LogP contribution in [-0.2, 0) is 0 Å². The Hall–Kier alpha value is -0.930. The van der Waals surface area contributed by atoms with E-state index in [-0.39, 0.29) is 0 Å². The Balaban J connectivity index is 2.18. The van der Waals surface area contributed by atoms with Crippen molar-refractivity contribution in [3.63, 3.8) is 0 Å². The fraction of sp³-hybridized carbons (Fsp3) is 0.400. The molecule has 2 nitrogen and oxygen atoms in total. The number of aromatic nitrogens is 1. The molecule has 0 bridgehead atoms. The summed E-state index contributed by atoms with van der Waals surface area (Å²) < 4.78 is 0. The number of halogens is 1. The van der Waals surface area contributed by atoms with Crippen molar-refractivity contribution >= 4 is 40.0 Å². The summed E-state index contributed by atoms with van der Waals surface area (Å²) in [6.07, 6.45) is 2.97. The maximum atomic E-state index is 6.35. The number of rotatable bonds is 6. The molecule has 1 N–H and O–H groups in total. The highest BCUT2D eigenvalue weighted by Gasteiger charge is 2.08. The number of aryl methyl sites for hydroxylation is 1. The average Bonchev–Trinajstić information content (AvgIpc) is 2.42. The number of nitrogens with zero attached hydrogens (tertiary/aromatic N) is 1. The van der Waals surface area contributed by atoms with Crippen molar-refractivity contribution in [1.82, 2.24) is 4.98 Å². The Kier molecular flexibility index (Phi) is 5.34. The highest BCUT2D eigenvalue weighted by atomic mass is 35.5. The number of anilines is 1. The number of fused-ring (bicyclic) bond motifs is 1. The molecule has 0 spiro atoms. The van der Waals surface area contributed by atoms with E-state index in [1.807, 2.05) is 37.0 Å². The minimum atomic E-state index is 0.779. The predicted octanol–water partition coefficient (Wildman–Crippen LogP) is 4.75. The third-order valence-electron chi connectivity index (χ3n) is 3.00. The lowest BCUT2D eigenvalue weighted by molar-refractivity contribution is 0.993. The minimum absolute atomic E-state index is 0.779. The van der Waals surface area contributed by atoms with E-state index in [9.17, 15) is 0 Å². The first-order chi connectivity index (χ1) is 9.24. The summed E-state index contributed by atoms with van der Waals surface area (Å²) in [4.78, 5) is 4.44. The van der Waals surface area contributed by atoms with Gasteiger partial charge in [0.2, 0.25) is 0 Å². The summed E-state index contributed by atoms with van der Waals surface area (Å²) in [6.45, 7) is 5.18. The molecule has 0 saturated heterocycles. The van der Waals surface area contributed by atoms with E-state index in [2.05, 4.69) is 23.3 Å². The SMILES string of the molecule is CCSCCCNc1c(Cl)cc(C)c2ncccc12. The predicted molar refractivity (Wildman–Crippen MR) is 87.6 cm³/mol. The van der Waals surface area contributed by atoms with E-state index in [1.165, 1.54) is 11.5 Å². The smallest absolute Gasteiger partial charge is 0.0752 e. The summed E-state index contributed by atoms with van der Waals surface area (Å²) in [6, 6.07) is 6.01. The van der Waals surface area contributed by atoms with Crippen LogP contribution >= 0.6 is 23.4 Å². The summed E-state index contributed by atoms with van der Waals surface area (Å²) in [5, 5.41) is 5.34. The van der Waals surface area contributed by atoms with Gasteiger partial charge in [0.15, 0.2) is 0 Å². The summed E-state index contributed by atoms with van der Waals surface area (Å²) in [5.74, 6) is 2.36. The van der Waals surface area contributed by atoms with Crippen molar-refractivity contribution in [2.24, 2.45) is 0 Å². The fourth-order valence-corrected chi connectivity index (χ4v) is 3.06. The molecule has 2 aromatic rings. The first-order valence-corrected chi connectivity index (χ1v) is 8.12. The van der Waals surface area contributed by atoms with E-state index in [4.69, 9.17) is 11.6 Å². The van der Waals surface area contributed by atoms with Gasteiger partial charge in [-0.25, -0.2) is 0 Å². The van der Waals surface area contributed by atoms with Gasteiger partial charge in [-0.05, 0) is 48.6 Å². The number of nitrogens with one attached hydrogen (secondary N) is 1. The normalized spacial score (nSPS) is 10.9. The molecule has 1 aromatic carbocycles. The van der Waals surface area contributed by atoms with Crippen LogP contribution < -0.4 is 5.32 Å². The second-order valence-electron chi connectivity index (χ2n) is 4.43. The number of benzene rings is 1. The van der Waals surface area contributed by atoms with Gasteiger partial charge >= 0.3 is 0 Å². The third kappa shape index (κ3) is 3.54. The van der Waals surface area contributed by atoms with E-state index in [0.717, 1.165) is 40.1 Å². The van der Waals surface area contributed by atoms with E-state index in [1.54, 1.807) is 0 Å². The van der Waals surface area contributed by atoms with Crippen LogP contribution in [0.2, 0.25) is 5.02 Å². The van der Waals surface area contributed by atoms with Crippen LogP contribution in [0, 0.1) is 6.92 Å². The van der Waals surface area contributed by atoms with Gasteiger partial charge < -0.3 is 5.32 Å². The molecule has 0 atom stereocenters. The van der Waals surface area contributed by atoms with Gasteiger partial charge in [-0.2, -0.15) is 11.8 Å². The lowest BCUT2D eigenvalue weighted by Gasteiger charge is -2.13. The first-order valence-electron chi connectivity index (χ1n) is 6.59.